The molecule has 7 heteroatoms. The second-order valence-corrected chi connectivity index (χ2v) is 6.71. The van der Waals surface area contributed by atoms with Gasteiger partial charge in [-0.3, -0.25) is 19.3 Å². The van der Waals surface area contributed by atoms with E-state index >= 15 is 0 Å². The van der Waals surface area contributed by atoms with Crippen LogP contribution in [0.2, 0.25) is 0 Å². The lowest BCUT2D eigenvalue weighted by molar-refractivity contribution is -0.132. The van der Waals surface area contributed by atoms with Gasteiger partial charge in [0.15, 0.2) is 0 Å². The summed E-state index contributed by atoms with van der Waals surface area (Å²) < 4.78 is 1.82. The monoisotopic (exact) mass is 355 g/mol. The lowest BCUT2D eigenvalue weighted by atomic mass is 10.0. The second-order valence-electron chi connectivity index (χ2n) is 6.71. The van der Waals surface area contributed by atoms with Gasteiger partial charge in [-0.1, -0.05) is 0 Å². The lowest BCUT2D eigenvalue weighted by Crippen LogP contribution is -2.31. The van der Waals surface area contributed by atoms with Gasteiger partial charge in [-0.2, -0.15) is 5.10 Å². The third kappa shape index (κ3) is 4.47. The van der Waals surface area contributed by atoms with Crippen molar-refractivity contribution in [3.05, 3.63) is 47.5 Å². The molecule has 0 radical (unpaired) electrons. The van der Waals surface area contributed by atoms with Gasteiger partial charge in [-0.05, 0) is 43.5 Å². The zero-order chi connectivity index (χ0) is 18.5. The van der Waals surface area contributed by atoms with Crippen molar-refractivity contribution in [2.24, 2.45) is 0 Å². The number of nitrogens with zero attached hydrogens (tertiary/aromatic N) is 4. The summed E-state index contributed by atoms with van der Waals surface area (Å²) in [5, 5.41) is 7.10. The molecular formula is C19H25N5O2. The number of aromatic nitrogens is 3. The van der Waals surface area contributed by atoms with Gasteiger partial charge in [0.1, 0.15) is 0 Å². The third-order valence-corrected chi connectivity index (χ3v) is 4.65. The molecule has 0 aliphatic carbocycles. The minimum absolute atomic E-state index is 0.0799. The number of likely N-dealkylation sites (tertiary alicyclic amines) is 1. The van der Waals surface area contributed by atoms with E-state index in [2.05, 4.69) is 15.4 Å². The van der Waals surface area contributed by atoms with Gasteiger partial charge in [-0.15, -0.1) is 0 Å². The predicted molar refractivity (Wildman–Crippen MR) is 97.0 cm³/mol. The molecule has 0 saturated carbocycles. The normalized spacial score (nSPS) is 16.7. The van der Waals surface area contributed by atoms with E-state index in [0.717, 1.165) is 36.3 Å². The fourth-order valence-corrected chi connectivity index (χ4v) is 3.37. The van der Waals surface area contributed by atoms with Gasteiger partial charge in [-0.25, -0.2) is 0 Å². The number of carbonyl (C=O) groups is 2. The van der Waals surface area contributed by atoms with Gasteiger partial charge in [0, 0.05) is 38.8 Å². The van der Waals surface area contributed by atoms with Gasteiger partial charge in [0.25, 0.3) is 0 Å². The van der Waals surface area contributed by atoms with Crippen LogP contribution in [0.15, 0.2) is 30.6 Å². The number of hydrogen-bond acceptors (Lipinski definition) is 4. The summed E-state index contributed by atoms with van der Waals surface area (Å²) in [5.74, 6) is 0.0737. The topological polar surface area (TPSA) is 80.1 Å². The van der Waals surface area contributed by atoms with Crippen molar-refractivity contribution in [2.75, 3.05) is 6.54 Å². The number of hydrogen-bond donors (Lipinski definition) is 1. The molecule has 1 N–H and O–H groups in total. The van der Waals surface area contributed by atoms with Crippen LogP contribution in [0.4, 0.5) is 0 Å². The van der Waals surface area contributed by atoms with E-state index in [4.69, 9.17) is 0 Å². The highest BCUT2D eigenvalue weighted by molar-refractivity contribution is 5.77. The van der Waals surface area contributed by atoms with Crippen molar-refractivity contribution in [1.29, 1.82) is 0 Å². The van der Waals surface area contributed by atoms with Crippen molar-refractivity contribution in [3.8, 4) is 0 Å². The standard InChI is InChI=1S/C19H25N5O2/c1-14-6-10-23(22-14)11-7-19(26)24-9-3-4-18(24)16-5-8-20-17(12-16)13-21-15(2)25/h5-6,8,10,12,18H,3-4,7,9,11,13H2,1-2H3,(H,21,25)/t18-/m1/s1. The fourth-order valence-electron chi connectivity index (χ4n) is 3.37. The maximum absolute atomic E-state index is 12.7. The number of nitrogens with one attached hydrogen (secondary N) is 1. The van der Waals surface area contributed by atoms with Gasteiger partial charge < -0.3 is 10.2 Å². The SMILES string of the molecule is CC(=O)NCc1cc([C@H]2CCCN2C(=O)CCn2ccc(C)n2)ccn1. The van der Waals surface area contributed by atoms with E-state index in [1.807, 2.05) is 40.9 Å². The molecule has 1 fully saturated rings. The molecule has 7 nitrogen and oxygen atoms in total. The molecule has 1 aliphatic rings. The number of carbonyl (C=O) groups excluding carboxylic acids is 2. The van der Waals surface area contributed by atoms with Crippen LogP contribution in [-0.4, -0.2) is 38.0 Å². The molecule has 3 rings (SSSR count). The Morgan fingerprint density at radius 3 is 2.92 bits per heavy atom. The average Bonchev–Trinajstić information content (AvgIpc) is 3.27. The number of pyridine rings is 1. The molecule has 2 aromatic rings. The maximum atomic E-state index is 12.7. The number of rotatable bonds is 6. The summed E-state index contributed by atoms with van der Waals surface area (Å²) in [5.41, 5.74) is 2.85. The third-order valence-electron chi connectivity index (χ3n) is 4.65. The van der Waals surface area contributed by atoms with Crippen molar-refractivity contribution in [1.82, 2.24) is 25.0 Å². The molecule has 0 unspecified atom stereocenters. The highest BCUT2D eigenvalue weighted by atomic mass is 16.2. The smallest absolute Gasteiger partial charge is 0.224 e. The molecule has 2 amide bonds. The Morgan fingerprint density at radius 2 is 2.19 bits per heavy atom. The lowest BCUT2D eigenvalue weighted by Gasteiger charge is -2.25. The Morgan fingerprint density at radius 1 is 1.35 bits per heavy atom. The predicted octanol–water partition coefficient (Wildman–Crippen LogP) is 1.98. The molecular weight excluding hydrogens is 330 g/mol. The summed E-state index contributed by atoms with van der Waals surface area (Å²) in [6, 6.07) is 5.98. The minimum Gasteiger partial charge on any atom is -0.351 e. The first-order chi connectivity index (χ1) is 12.5. The molecule has 1 saturated heterocycles. The molecule has 0 spiro atoms. The van der Waals surface area contributed by atoms with Crippen molar-refractivity contribution in [3.63, 3.8) is 0 Å². The van der Waals surface area contributed by atoms with Crippen LogP contribution < -0.4 is 5.32 Å². The summed E-state index contributed by atoms with van der Waals surface area (Å²) >= 11 is 0. The molecule has 1 aliphatic heterocycles. The van der Waals surface area contributed by atoms with Crippen LogP contribution in [0.1, 0.15) is 49.2 Å². The van der Waals surface area contributed by atoms with Crippen LogP contribution in [0, 0.1) is 6.92 Å². The molecule has 0 bridgehead atoms. The summed E-state index contributed by atoms with van der Waals surface area (Å²) in [6.07, 6.45) is 6.06. The van der Waals surface area contributed by atoms with Crippen molar-refractivity contribution >= 4 is 11.8 Å². The average molecular weight is 355 g/mol. The zero-order valence-corrected chi connectivity index (χ0v) is 15.3. The summed E-state index contributed by atoms with van der Waals surface area (Å²) in [7, 11) is 0. The highest BCUT2D eigenvalue weighted by Gasteiger charge is 2.29. The zero-order valence-electron chi connectivity index (χ0n) is 15.3. The second kappa shape index (κ2) is 8.12. The molecule has 1 atom stereocenters. The molecule has 3 heterocycles. The van der Waals surface area contributed by atoms with E-state index < -0.39 is 0 Å². The van der Waals surface area contributed by atoms with E-state index in [1.54, 1.807) is 6.20 Å². The van der Waals surface area contributed by atoms with Crippen LogP contribution in [-0.2, 0) is 22.7 Å². The van der Waals surface area contributed by atoms with Gasteiger partial charge in [0.05, 0.1) is 24.0 Å². The van der Waals surface area contributed by atoms with E-state index in [1.165, 1.54) is 6.92 Å². The Bertz CT molecular complexity index is 786. The first-order valence-electron chi connectivity index (χ1n) is 9.02. The Hall–Kier alpha value is -2.70. The fraction of sp³-hybridized carbons (Fsp3) is 0.474. The quantitative estimate of drug-likeness (QED) is 0.859. The van der Waals surface area contributed by atoms with Crippen molar-refractivity contribution < 1.29 is 9.59 Å². The van der Waals surface area contributed by atoms with Crippen LogP contribution in [0.3, 0.4) is 0 Å². The molecule has 138 valence electrons. The number of amides is 2. The Kier molecular flexibility index (Phi) is 5.65. The first kappa shape index (κ1) is 18.1. The van der Waals surface area contributed by atoms with Crippen molar-refractivity contribution in [2.45, 2.75) is 52.2 Å². The van der Waals surface area contributed by atoms with E-state index in [-0.39, 0.29) is 17.9 Å². The first-order valence-corrected chi connectivity index (χ1v) is 9.02. The number of aryl methyl sites for hydroxylation is 2. The Balaban J connectivity index is 1.64. The van der Waals surface area contributed by atoms with Crippen LogP contribution in [0.5, 0.6) is 0 Å². The van der Waals surface area contributed by atoms with Crippen LogP contribution >= 0.6 is 0 Å². The van der Waals surface area contributed by atoms with Crippen LogP contribution in [0.25, 0.3) is 0 Å². The molecule has 2 aromatic heterocycles. The van der Waals surface area contributed by atoms with Gasteiger partial charge in [0.2, 0.25) is 11.8 Å². The van der Waals surface area contributed by atoms with E-state index in [0.29, 0.717) is 19.5 Å². The molecule has 0 aromatic carbocycles. The van der Waals surface area contributed by atoms with Gasteiger partial charge >= 0.3 is 0 Å². The summed E-state index contributed by atoms with van der Waals surface area (Å²) in [6.45, 7) is 5.21. The Labute approximate surface area is 153 Å². The minimum atomic E-state index is -0.0799. The highest BCUT2D eigenvalue weighted by Crippen LogP contribution is 2.32. The summed E-state index contributed by atoms with van der Waals surface area (Å²) in [4.78, 5) is 30.1. The molecule has 26 heavy (non-hydrogen) atoms. The largest absolute Gasteiger partial charge is 0.351 e. The maximum Gasteiger partial charge on any atom is 0.224 e. The van der Waals surface area contributed by atoms with E-state index in [9.17, 15) is 9.59 Å².